The van der Waals surface area contributed by atoms with Crippen molar-refractivity contribution in [1.82, 2.24) is 20.7 Å². The number of hydrogen-bond donors (Lipinski definition) is 2. The first-order valence-electron chi connectivity index (χ1n) is 11.6. The Morgan fingerprint density at radius 1 is 1.06 bits per heavy atom. The van der Waals surface area contributed by atoms with E-state index in [2.05, 4.69) is 71.8 Å². The Morgan fingerprint density at radius 3 is 2.45 bits per heavy atom. The van der Waals surface area contributed by atoms with Gasteiger partial charge in [0.2, 0.25) is 0 Å². The summed E-state index contributed by atoms with van der Waals surface area (Å²) in [5.74, 6) is 2.07. The van der Waals surface area contributed by atoms with E-state index in [1.54, 1.807) is 0 Å². The van der Waals surface area contributed by atoms with Gasteiger partial charge < -0.3 is 19.9 Å². The molecule has 0 unspecified atom stereocenters. The van der Waals surface area contributed by atoms with E-state index in [4.69, 9.17) is 14.3 Å². The molecule has 31 heavy (non-hydrogen) atoms. The predicted octanol–water partition coefficient (Wildman–Crippen LogP) is 3.67. The first-order chi connectivity index (χ1) is 15.2. The molecule has 1 saturated heterocycles. The molecule has 1 aromatic carbocycles. The lowest BCUT2D eigenvalue weighted by Gasteiger charge is -2.26. The van der Waals surface area contributed by atoms with Gasteiger partial charge in [0.05, 0.1) is 32.0 Å². The van der Waals surface area contributed by atoms with E-state index in [0.717, 1.165) is 69.6 Å². The topological polar surface area (TPSA) is 74.9 Å². The molecule has 0 atom stereocenters. The van der Waals surface area contributed by atoms with Crippen molar-refractivity contribution in [2.75, 3.05) is 32.8 Å². The minimum atomic E-state index is 0.464. The van der Waals surface area contributed by atoms with Crippen molar-refractivity contribution in [3.05, 3.63) is 52.9 Å². The maximum absolute atomic E-state index is 5.51. The van der Waals surface area contributed by atoms with Crippen LogP contribution in [0.1, 0.15) is 62.1 Å². The summed E-state index contributed by atoms with van der Waals surface area (Å²) in [5, 5.41) is 10.9. The summed E-state index contributed by atoms with van der Waals surface area (Å²) < 4.78 is 10.9. The van der Waals surface area contributed by atoms with Gasteiger partial charge in [-0.15, -0.1) is 0 Å². The zero-order valence-electron chi connectivity index (χ0n) is 19.2. The highest BCUT2D eigenvalue weighted by Gasteiger charge is 2.13. The summed E-state index contributed by atoms with van der Waals surface area (Å²) in [6.07, 6.45) is 2.15. The van der Waals surface area contributed by atoms with E-state index in [1.807, 2.05) is 0 Å². The van der Waals surface area contributed by atoms with E-state index in [1.165, 1.54) is 11.1 Å². The van der Waals surface area contributed by atoms with Gasteiger partial charge >= 0.3 is 0 Å². The molecular formula is C24H37N5O2. The third-order valence-electron chi connectivity index (χ3n) is 5.71. The molecule has 7 nitrogen and oxygen atoms in total. The van der Waals surface area contributed by atoms with E-state index in [-0.39, 0.29) is 0 Å². The summed E-state index contributed by atoms with van der Waals surface area (Å²) in [6, 6.07) is 10.8. The second-order valence-electron chi connectivity index (χ2n) is 7.99. The van der Waals surface area contributed by atoms with Gasteiger partial charge in [0.15, 0.2) is 11.7 Å². The lowest BCUT2D eigenvalue weighted by atomic mass is 9.99. The fraction of sp³-hybridized carbons (Fsp3) is 0.583. The van der Waals surface area contributed by atoms with E-state index in [0.29, 0.717) is 19.0 Å². The Balaban J connectivity index is 1.51. The highest BCUT2D eigenvalue weighted by Crippen LogP contribution is 2.22. The molecule has 0 radical (unpaired) electrons. The van der Waals surface area contributed by atoms with Crippen molar-refractivity contribution in [1.29, 1.82) is 0 Å². The van der Waals surface area contributed by atoms with Crippen LogP contribution in [-0.4, -0.2) is 48.9 Å². The number of aliphatic imine (C=N–C) groups is 1. The second kappa shape index (κ2) is 12.5. The van der Waals surface area contributed by atoms with Crippen LogP contribution >= 0.6 is 0 Å². The number of aromatic nitrogens is 1. The van der Waals surface area contributed by atoms with Crippen LogP contribution in [0.2, 0.25) is 0 Å². The van der Waals surface area contributed by atoms with Crippen LogP contribution in [0.5, 0.6) is 0 Å². The molecule has 0 amide bonds. The van der Waals surface area contributed by atoms with Crippen LogP contribution in [0.3, 0.4) is 0 Å². The fourth-order valence-electron chi connectivity index (χ4n) is 3.76. The van der Waals surface area contributed by atoms with Crippen LogP contribution in [0.15, 0.2) is 39.8 Å². The summed E-state index contributed by atoms with van der Waals surface area (Å²) in [6.45, 7) is 13.1. The molecule has 2 aromatic rings. The number of rotatable bonds is 10. The Kier molecular flexibility index (Phi) is 9.37. The van der Waals surface area contributed by atoms with Crippen LogP contribution in [0.4, 0.5) is 0 Å². The maximum Gasteiger partial charge on any atom is 0.191 e. The molecule has 1 aliphatic heterocycles. The lowest BCUT2D eigenvalue weighted by Crippen LogP contribution is -2.36. The number of hydrogen-bond acceptors (Lipinski definition) is 5. The molecule has 170 valence electrons. The van der Waals surface area contributed by atoms with Gasteiger partial charge in [-0.2, -0.15) is 0 Å². The number of nitrogens with zero attached hydrogens (tertiary/aromatic N) is 3. The van der Waals surface area contributed by atoms with Crippen LogP contribution in [0, 0.1) is 0 Å². The van der Waals surface area contributed by atoms with Gasteiger partial charge in [-0.25, -0.2) is 4.99 Å². The monoisotopic (exact) mass is 427 g/mol. The number of ether oxygens (including phenoxy) is 1. The smallest absolute Gasteiger partial charge is 0.191 e. The summed E-state index contributed by atoms with van der Waals surface area (Å²) in [7, 11) is 0. The van der Waals surface area contributed by atoms with Crippen LogP contribution < -0.4 is 10.6 Å². The minimum Gasteiger partial charge on any atom is -0.379 e. The van der Waals surface area contributed by atoms with Gasteiger partial charge in [0.1, 0.15) is 0 Å². The van der Waals surface area contributed by atoms with Gasteiger partial charge in [-0.05, 0) is 30.9 Å². The average Bonchev–Trinajstić information content (AvgIpc) is 3.27. The standard InChI is InChI=1S/C24H37N5O2/c1-4-21(5-2)23-15-22(31-28-23)17-27-24(25-6-3)26-16-19-7-9-20(10-8-19)18-29-11-13-30-14-12-29/h7-10,15,21H,4-6,11-14,16-18H2,1-3H3,(H2,25,26,27). The Bertz CT molecular complexity index is 793. The molecule has 3 rings (SSSR count). The summed E-state index contributed by atoms with van der Waals surface area (Å²) in [4.78, 5) is 7.16. The van der Waals surface area contributed by atoms with Gasteiger partial charge in [0.25, 0.3) is 0 Å². The molecule has 1 aromatic heterocycles. The zero-order chi connectivity index (χ0) is 21.9. The Labute approximate surface area is 186 Å². The molecule has 1 fully saturated rings. The second-order valence-corrected chi connectivity index (χ2v) is 7.99. The lowest BCUT2D eigenvalue weighted by molar-refractivity contribution is 0.0342. The molecule has 1 aliphatic rings. The Morgan fingerprint density at radius 2 is 1.77 bits per heavy atom. The molecule has 2 N–H and O–H groups in total. The predicted molar refractivity (Wildman–Crippen MR) is 124 cm³/mol. The molecule has 7 heteroatoms. The van der Waals surface area contributed by atoms with Crippen molar-refractivity contribution in [2.45, 2.75) is 59.2 Å². The quantitative estimate of drug-likeness (QED) is 0.445. The van der Waals surface area contributed by atoms with E-state index < -0.39 is 0 Å². The van der Waals surface area contributed by atoms with Crippen molar-refractivity contribution in [3.63, 3.8) is 0 Å². The number of benzene rings is 1. The molecular weight excluding hydrogens is 390 g/mol. The first-order valence-corrected chi connectivity index (χ1v) is 11.6. The largest absolute Gasteiger partial charge is 0.379 e. The molecule has 0 aliphatic carbocycles. The molecule has 0 saturated carbocycles. The van der Waals surface area contributed by atoms with E-state index >= 15 is 0 Å². The van der Waals surface area contributed by atoms with Gasteiger partial charge in [0, 0.05) is 38.2 Å². The number of nitrogens with one attached hydrogen (secondary N) is 2. The maximum atomic E-state index is 5.51. The van der Waals surface area contributed by atoms with Crippen molar-refractivity contribution < 1.29 is 9.26 Å². The summed E-state index contributed by atoms with van der Waals surface area (Å²) in [5.41, 5.74) is 3.57. The first kappa shape index (κ1) is 23.3. The van der Waals surface area contributed by atoms with Crippen LogP contribution in [0.25, 0.3) is 0 Å². The van der Waals surface area contributed by atoms with Crippen molar-refractivity contribution >= 4 is 5.96 Å². The third-order valence-corrected chi connectivity index (χ3v) is 5.71. The SMILES string of the molecule is CCNC(=NCc1ccc(CN2CCOCC2)cc1)NCc1cc(C(CC)CC)no1. The summed E-state index contributed by atoms with van der Waals surface area (Å²) >= 11 is 0. The van der Waals surface area contributed by atoms with Crippen molar-refractivity contribution in [3.8, 4) is 0 Å². The number of guanidine groups is 1. The highest BCUT2D eigenvalue weighted by molar-refractivity contribution is 5.79. The number of morpholine rings is 1. The fourth-order valence-corrected chi connectivity index (χ4v) is 3.76. The van der Waals surface area contributed by atoms with Crippen LogP contribution in [-0.2, 0) is 24.4 Å². The third kappa shape index (κ3) is 7.36. The minimum absolute atomic E-state index is 0.464. The van der Waals surface area contributed by atoms with E-state index in [9.17, 15) is 0 Å². The normalized spacial score (nSPS) is 15.4. The van der Waals surface area contributed by atoms with Gasteiger partial charge in [-0.3, -0.25) is 4.90 Å². The molecule has 2 heterocycles. The average molecular weight is 428 g/mol. The van der Waals surface area contributed by atoms with Crippen molar-refractivity contribution in [2.24, 2.45) is 4.99 Å². The zero-order valence-corrected chi connectivity index (χ0v) is 19.2. The highest BCUT2D eigenvalue weighted by atomic mass is 16.5. The molecule has 0 spiro atoms. The van der Waals surface area contributed by atoms with Gasteiger partial charge in [-0.1, -0.05) is 43.3 Å². The molecule has 0 bridgehead atoms. The Hall–Kier alpha value is -2.38.